The standard InChI is InChI=1S/C14H23N3/c1-4-8-15-13-9-11-6-5-7-12(10(2)3)14(11)17-16-13/h9-10,12H,4-8H2,1-3H3,(H,15,16). The highest BCUT2D eigenvalue weighted by atomic mass is 15.2. The Morgan fingerprint density at radius 3 is 2.94 bits per heavy atom. The molecule has 0 amide bonds. The number of aromatic nitrogens is 2. The smallest absolute Gasteiger partial charge is 0.148 e. The number of aryl methyl sites for hydroxylation is 1. The van der Waals surface area contributed by atoms with E-state index in [1.54, 1.807) is 0 Å². The maximum atomic E-state index is 4.46. The minimum Gasteiger partial charge on any atom is -0.369 e. The molecule has 1 aromatic rings. The molecule has 0 saturated heterocycles. The second-order valence-corrected chi connectivity index (χ2v) is 5.31. The first-order valence-corrected chi connectivity index (χ1v) is 6.82. The summed E-state index contributed by atoms with van der Waals surface area (Å²) in [5.74, 6) is 2.21. The molecule has 17 heavy (non-hydrogen) atoms. The van der Waals surface area contributed by atoms with Crippen molar-refractivity contribution in [3.05, 3.63) is 17.3 Å². The van der Waals surface area contributed by atoms with Crippen molar-refractivity contribution >= 4 is 5.82 Å². The lowest BCUT2D eigenvalue weighted by molar-refractivity contribution is 0.419. The first kappa shape index (κ1) is 12.3. The zero-order valence-electron chi connectivity index (χ0n) is 11.2. The average Bonchev–Trinajstić information content (AvgIpc) is 2.35. The zero-order chi connectivity index (χ0) is 12.3. The summed E-state index contributed by atoms with van der Waals surface area (Å²) in [6, 6.07) is 2.20. The van der Waals surface area contributed by atoms with E-state index in [1.165, 1.54) is 24.1 Å². The summed E-state index contributed by atoms with van der Waals surface area (Å²) >= 11 is 0. The summed E-state index contributed by atoms with van der Waals surface area (Å²) in [6.07, 6.45) is 4.83. The topological polar surface area (TPSA) is 37.8 Å². The van der Waals surface area contributed by atoms with Crippen molar-refractivity contribution in [2.75, 3.05) is 11.9 Å². The molecule has 0 fully saturated rings. The Balaban J connectivity index is 2.20. The Hall–Kier alpha value is -1.12. The Kier molecular flexibility index (Phi) is 3.97. The van der Waals surface area contributed by atoms with E-state index in [4.69, 9.17) is 0 Å². The predicted molar refractivity (Wildman–Crippen MR) is 71.3 cm³/mol. The van der Waals surface area contributed by atoms with Crippen molar-refractivity contribution < 1.29 is 0 Å². The third kappa shape index (κ3) is 2.76. The van der Waals surface area contributed by atoms with Crippen LogP contribution in [-0.2, 0) is 6.42 Å². The fourth-order valence-corrected chi connectivity index (χ4v) is 2.59. The molecule has 0 aliphatic heterocycles. The lowest BCUT2D eigenvalue weighted by Crippen LogP contribution is -2.18. The molecule has 1 aliphatic rings. The summed E-state index contributed by atoms with van der Waals surface area (Å²) in [5, 5.41) is 12.1. The van der Waals surface area contributed by atoms with E-state index in [1.807, 2.05) is 0 Å². The molecule has 2 rings (SSSR count). The van der Waals surface area contributed by atoms with E-state index < -0.39 is 0 Å². The average molecular weight is 233 g/mol. The molecule has 1 aromatic heterocycles. The molecule has 94 valence electrons. The zero-order valence-corrected chi connectivity index (χ0v) is 11.2. The fraction of sp³-hybridized carbons (Fsp3) is 0.714. The van der Waals surface area contributed by atoms with Crippen LogP contribution in [0.4, 0.5) is 5.82 Å². The van der Waals surface area contributed by atoms with Crippen molar-refractivity contribution in [1.29, 1.82) is 0 Å². The van der Waals surface area contributed by atoms with Gasteiger partial charge in [0.25, 0.3) is 0 Å². The molecule has 1 N–H and O–H groups in total. The van der Waals surface area contributed by atoms with Crippen LogP contribution in [0.2, 0.25) is 0 Å². The SMILES string of the molecule is CCCNc1cc2c(nn1)C(C(C)C)CCC2. The molecular weight excluding hydrogens is 210 g/mol. The summed E-state index contributed by atoms with van der Waals surface area (Å²) in [4.78, 5) is 0. The van der Waals surface area contributed by atoms with Gasteiger partial charge in [0.2, 0.25) is 0 Å². The number of rotatable bonds is 4. The lowest BCUT2D eigenvalue weighted by atomic mass is 9.80. The van der Waals surface area contributed by atoms with Crippen molar-refractivity contribution in [3.8, 4) is 0 Å². The minimum absolute atomic E-state index is 0.603. The molecule has 0 saturated carbocycles. The number of anilines is 1. The number of fused-ring (bicyclic) bond motifs is 1. The van der Waals surface area contributed by atoms with Gasteiger partial charge in [0.15, 0.2) is 0 Å². The predicted octanol–water partition coefficient (Wildman–Crippen LogP) is 3.37. The van der Waals surface area contributed by atoms with E-state index >= 15 is 0 Å². The molecule has 3 nitrogen and oxygen atoms in total. The molecule has 1 heterocycles. The second kappa shape index (κ2) is 5.48. The highest BCUT2D eigenvalue weighted by Crippen LogP contribution is 2.35. The van der Waals surface area contributed by atoms with Crippen LogP contribution in [0.1, 0.15) is 57.2 Å². The lowest BCUT2D eigenvalue weighted by Gasteiger charge is -2.26. The normalized spacial score (nSPS) is 19.2. The van der Waals surface area contributed by atoms with Crippen LogP contribution in [0.15, 0.2) is 6.07 Å². The first-order valence-electron chi connectivity index (χ1n) is 6.82. The van der Waals surface area contributed by atoms with Crippen molar-refractivity contribution in [2.45, 2.75) is 52.4 Å². The van der Waals surface area contributed by atoms with Gasteiger partial charge in [0, 0.05) is 12.5 Å². The van der Waals surface area contributed by atoms with Gasteiger partial charge in [-0.2, -0.15) is 5.10 Å². The monoisotopic (exact) mass is 233 g/mol. The van der Waals surface area contributed by atoms with Crippen LogP contribution in [-0.4, -0.2) is 16.7 Å². The quantitative estimate of drug-likeness (QED) is 0.866. The van der Waals surface area contributed by atoms with Gasteiger partial charge in [-0.3, -0.25) is 0 Å². The third-order valence-electron chi connectivity index (χ3n) is 3.58. The Morgan fingerprint density at radius 2 is 2.24 bits per heavy atom. The van der Waals surface area contributed by atoms with Crippen molar-refractivity contribution in [2.24, 2.45) is 5.92 Å². The molecular formula is C14H23N3. The van der Waals surface area contributed by atoms with Gasteiger partial charge in [-0.15, -0.1) is 5.10 Å². The third-order valence-corrected chi connectivity index (χ3v) is 3.58. The summed E-state index contributed by atoms with van der Waals surface area (Å²) in [5.41, 5.74) is 2.65. The maximum absolute atomic E-state index is 4.46. The molecule has 1 atom stereocenters. The van der Waals surface area contributed by atoms with E-state index in [0.29, 0.717) is 11.8 Å². The van der Waals surface area contributed by atoms with E-state index in [-0.39, 0.29) is 0 Å². The van der Waals surface area contributed by atoms with E-state index in [0.717, 1.165) is 25.2 Å². The van der Waals surface area contributed by atoms with Crippen molar-refractivity contribution in [1.82, 2.24) is 10.2 Å². The molecule has 0 bridgehead atoms. The highest BCUT2D eigenvalue weighted by molar-refractivity contribution is 5.40. The van der Waals surface area contributed by atoms with Gasteiger partial charge in [-0.25, -0.2) is 0 Å². The van der Waals surface area contributed by atoms with Crippen LogP contribution < -0.4 is 5.32 Å². The Morgan fingerprint density at radius 1 is 1.41 bits per heavy atom. The highest BCUT2D eigenvalue weighted by Gasteiger charge is 2.25. The largest absolute Gasteiger partial charge is 0.369 e. The van der Waals surface area contributed by atoms with Gasteiger partial charge in [0.1, 0.15) is 5.82 Å². The molecule has 0 spiro atoms. The van der Waals surface area contributed by atoms with E-state index in [2.05, 4.69) is 42.4 Å². The van der Waals surface area contributed by atoms with Crippen LogP contribution in [0.25, 0.3) is 0 Å². The Labute approximate surface area is 104 Å². The van der Waals surface area contributed by atoms with E-state index in [9.17, 15) is 0 Å². The fourth-order valence-electron chi connectivity index (χ4n) is 2.59. The maximum Gasteiger partial charge on any atom is 0.148 e. The van der Waals surface area contributed by atoms with Gasteiger partial charge in [-0.05, 0) is 43.2 Å². The number of hydrogen-bond donors (Lipinski definition) is 1. The summed E-state index contributed by atoms with van der Waals surface area (Å²) in [6.45, 7) is 7.70. The first-order chi connectivity index (χ1) is 8.22. The number of nitrogens with zero attached hydrogens (tertiary/aromatic N) is 2. The van der Waals surface area contributed by atoms with Gasteiger partial charge < -0.3 is 5.32 Å². The molecule has 1 unspecified atom stereocenters. The number of nitrogens with one attached hydrogen (secondary N) is 1. The molecule has 3 heteroatoms. The van der Waals surface area contributed by atoms with Crippen LogP contribution >= 0.6 is 0 Å². The van der Waals surface area contributed by atoms with Crippen LogP contribution in [0.5, 0.6) is 0 Å². The molecule has 1 aliphatic carbocycles. The summed E-state index contributed by atoms with van der Waals surface area (Å²) < 4.78 is 0. The molecule has 0 radical (unpaired) electrons. The van der Waals surface area contributed by atoms with Gasteiger partial charge in [-0.1, -0.05) is 20.8 Å². The minimum atomic E-state index is 0.603. The second-order valence-electron chi connectivity index (χ2n) is 5.31. The van der Waals surface area contributed by atoms with Crippen LogP contribution in [0.3, 0.4) is 0 Å². The van der Waals surface area contributed by atoms with Gasteiger partial charge >= 0.3 is 0 Å². The Bertz CT molecular complexity index is 374. The number of hydrogen-bond acceptors (Lipinski definition) is 3. The van der Waals surface area contributed by atoms with Crippen molar-refractivity contribution in [3.63, 3.8) is 0 Å². The molecule has 0 aromatic carbocycles. The summed E-state index contributed by atoms with van der Waals surface area (Å²) in [7, 11) is 0. The van der Waals surface area contributed by atoms with Crippen LogP contribution in [0, 0.1) is 5.92 Å². The van der Waals surface area contributed by atoms with Gasteiger partial charge in [0.05, 0.1) is 5.69 Å².